The summed E-state index contributed by atoms with van der Waals surface area (Å²) in [6, 6.07) is 10.3. The second-order valence-corrected chi connectivity index (χ2v) is 4.99. The van der Waals surface area contributed by atoms with Crippen molar-refractivity contribution >= 4 is 22.4 Å². The van der Waals surface area contributed by atoms with E-state index in [1.165, 1.54) is 16.5 Å². The topological polar surface area (TPSA) is 66.7 Å². The van der Waals surface area contributed by atoms with Crippen molar-refractivity contribution in [2.75, 3.05) is 17.6 Å². The van der Waals surface area contributed by atoms with Gasteiger partial charge in [-0.2, -0.15) is 0 Å². The number of para-hydroxylation sites is 1. The summed E-state index contributed by atoms with van der Waals surface area (Å²) >= 11 is 0. The molecule has 0 fully saturated rings. The van der Waals surface area contributed by atoms with Gasteiger partial charge in [-0.3, -0.25) is 0 Å². The molecule has 2 aromatic heterocycles. The number of aromatic amines is 1. The summed E-state index contributed by atoms with van der Waals surface area (Å²) in [5, 5.41) is 4.57. The van der Waals surface area contributed by atoms with Gasteiger partial charge < -0.3 is 16.0 Å². The van der Waals surface area contributed by atoms with Crippen molar-refractivity contribution in [3.63, 3.8) is 0 Å². The highest BCUT2D eigenvalue weighted by atomic mass is 15.0. The summed E-state index contributed by atoms with van der Waals surface area (Å²) in [4.78, 5) is 7.60. The Hall–Kier alpha value is -2.49. The SMILES string of the molecule is Cc1cnc(NCCc2c[nH]c3ccccc23)c(N)c1. The first-order valence-corrected chi connectivity index (χ1v) is 6.75. The van der Waals surface area contributed by atoms with Gasteiger partial charge in [0.05, 0.1) is 5.69 Å². The lowest BCUT2D eigenvalue weighted by molar-refractivity contribution is 1.01. The third-order valence-corrected chi connectivity index (χ3v) is 3.42. The quantitative estimate of drug-likeness (QED) is 0.679. The van der Waals surface area contributed by atoms with E-state index in [0.29, 0.717) is 5.69 Å². The molecule has 4 N–H and O–H groups in total. The van der Waals surface area contributed by atoms with Crippen LogP contribution in [0, 0.1) is 6.92 Å². The van der Waals surface area contributed by atoms with Crippen LogP contribution in [0.25, 0.3) is 10.9 Å². The maximum Gasteiger partial charge on any atom is 0.149 e. The fraction of sp³-hybridized carbons (Fsp3) is 0.188. The molecule has 4 nitrogen and oxygen atoms in total. The van der Waals surface area contributed by atoms with E-state index in [1.807, 2.05) is 25.3 Å². The summed E-state index contributed by atoms with van der Waals surface area (Å²) in [5.41, 5.74) is 10.2. The number of fused-ring (bicyclic) bond motifs is 1. The molecule has 0 aliphatic rings. The van der Waals surface area contributed by atoms with Crippen LogP contribution < -0.4 is 11.1 Å². The second kappa shape index (κ2) is 5.25. The fourth-order valence-corrected chi connectivity index (χ4v) is 2.39. The Morgan fingerprint density at radius 2 is 2.15 bits per heavy atom. The van der Waals surface area contributed by atoms with Crippen molar-refractivity contribution < 1.29 is 0 Å². The highest BCUT2D eigenvalue weighted by Crippen LogP contribution is 2.19. The number of anilines is 2. The largest absolute Gasteiger partial charge is 0.396 e. The van der Waals surface area contributed by atoms with Gasteiger partial charge in [-0.15, -0.1) is 0 Å². The number of hydrogen-bond acceptors (Lipinski definition) is 3. The van der Waals surface area contributed by atoms with Crippen LogP contribution in [0.3, 0.4) is 0 Å². The van der Waals surface area contributed by atoms with Crippen LogP contribution >= 0.6 is 0 Å². The van der Waals surface area contributed by atoms with Crippen molar-refractivity contribution in [2.45, 2.75) is 13.3 Å². The third kappa shape index (κ3) is 2.45. The Balaban J connectivity index is 1.68. The molecule has 20 heavy (non-hydrogen) atoms. The standard InChI is InChI=1S/C16H18N4/c1-11-8-14(17)16(20-9-11)18-7-6-12-10-19-15-5-3-2-4-13(12)15/h2-5,8-10,19H,6-7,17H2,1H3,(H,18,20). The minimum Gasteiger partial charge on any atom is -0.396 e. The zero-order valence-corrected chi connectivity index (χ0v) is 11.5. The number of nitrogens with two attached hydrogens (primary N) is 1. The van der Waals surface area contributed by atoms with E-state index >= 15 is 0 Å². The second-order valence-electron chi connectivity index (χ2n) is 4.99. The van der Waals surface area contributed by atoms with Crippen LogP contribution in [0.2, 0.25) is 0 Å². The first-order chi connectivity index (χ1) is 9.74. The van der Waals surface area contributed by atoms with E-state index in [2.05, 4.69) is 39.7 Å². The molecule has 0 aliphatic heterocycles. The van der Waals surface area contributed by atoms with Gasteiger partial charge in [0.2, 0.25) is 0 Å². The van der Waals surface area contributed by atoms with Gasteiger partial charge in [0.1, 0.15) is 5.82 Å². The molecular weight excluding hydrogens is 248 g/mol. The fourth-order valence-electron chi connectivity index (χ4n) is 2.39. The van der Waals surface area contributed by atoms with E-state index in [-0.39, 0.29) is 0 Å². The van der Waals surface area contributed by atoms with Gasteiger partial charge in [-0.05, 0) is 36.6 Å². The normalized spacial score (nSPS) is 10.8. The van der Waals surface area contributed by atoms with Crippen LogP contribution in [0.4, 0.5) is 11.5 Å². The molecule has 3 rings (SSSR count). The summed E-state index contributed by atoms with van der Waals surface area (Å²) in [7, 11) is 0. The molecule has 0 bridgehead atoms. The Morgan fingerprint density at radius 3 is 3.00 bits per heavy atom. The number of nitrogen functional groups attached to an aromatic ring is 1. The third-order valence-electron chi connectivity index (χ3n) is 3.42. The Bertz CT molecular complexity index is 730. The molecule has 3 aromatic rings. The van der Waals surface area contributed by atoms with Crippen LogP contribution in [0.5, 0.6) is 0 Å². The first kappa shape index (κ1) is 12.5. The van der Waals surface area contributed by atoms with E-state index in [0.717, 1.165) is 24.3 Å². The van der Waals surface area contributed by atoms with Crippen molar-refractivity contribution in [2.24, 2.45) is 0 Å². The van der Waals surface area contributed by atoms with Gasteiger partial charge in [-0.1, -0.05) is 18.2 Å². The molecule has 0 atom stereocenters. The highest BCUT2D eigenvalue weighted by molar-refractivity contribution is 5.83. The van der Waals surface area contributed by atoms with Crippen molar-refractivity contribution in [3.05, 3.63) is 53.9 Å². The number of aromatic nitrogens is 2. The maximum atomic E-state index is 5.94. The number of hydrogen-bond donors (Lipinski definition) is 3. The van der Waals surface area contributed by atoms with E-state index < -0.39 is 0 Å². The van der Waals surface area contributed by atoms with Crippen molar-refractivity contribution in [1.82, 2.24) is 9.97 Å². The van der Waals surface area contributed by atoms with Gasteiger partial charge in [-0.25, -0.2) is 4.98 Å². The molecule has 4 heteroatoms. The molecule has 1 aromatic carbocycles. The Morgan fingerprint density at radius 1 is 1.30 bits per heavy atom. The number of aryl methyl sites for hydroxylation is 1. The van der Waals surface area contributed by atoms with E-state index in [1.54, 1.807) is 0 Å². The van der Waals surface area contributed by atoms with Crippen molar-refractivity contribution in [1.29, 1.82) is 0 Å². The minimum atomic E-state index is 0.698. The molecular formula is C16H18N4. The Kier molecular flexibility index (Phi) is 3.29. The predicted octanol–water partition coefficient (Wildman–Crippen LogP) is 3.11. The molecule has 0 spiro atoms. The highest BCUT2D eigenvalue weighted by Gasteiger charge is 2.04. The van der Waals surface area contributed by atoms with E-state index in [4.69, 9.17) is 5.73 Å². The molecule has 2 heterocycles. The van der Waals surface area contributed by atoms with Gasteiger partial charge in [0, 0.05) is 29.8 Å². The number of pyridine rings is 1. The molecule has 0 amide bonds. The molecule has 0 aliphatic carbocycles. The van der Waals surface area contributed by atoms with E-state index in [9.17, 15) is 0 Å². The van der Waals surface area contributed by atoms with Gasteiger partial charge in [0.25, 0.3) is 0 Å². The van der Waals surface area contributed by atoms with Crippen LogP contribution in [0.15, 0.2) is 42.7 Å². The minimum absolute atomic E-state index is 0.698. The van der Waals surface area contributed by atoms with Crippen LogP contribution in [-0.4, -0.2) is 16.5 Å². The summed E-state index contributed by atoms with van der Waals surface area (Å²) < 4.78 is 0. The molecule has 0 saturated heterocycles. The van der Waals surface area contributed by atoms with Crippen molar-refractivity contribution in [3.8, 4) is 0 Å². The smallest absolute Gasteiger partial charge is 0.149 e. The molecule has 0 unspecified atom stereocenters. The molecule has 0 saturated carbocycles. The zero-order chi connectivity index (χ0) is 13.9. The zero-order valence-electron chi connectivity index (χ0n) is 11.5. The first-order valence-electron chi connectivity index (χ1n) is 6.75. The molecule has 0 radical (unpaired) electrons. The number of H-pyrrole nitrogens is 1. The van der Waals surface area contributed by atoms with Crippen LogP contribution in [0.1, 0.15) is 11.1 Å². The van der Waals surface area contributed by atoms with Gasteiger partial charge in [0.15, 0.2) is 0 Å². The van der Waals surface area contributed by atoms with Gasteiger partial charge >= 0.3 is 0 Å². The number of nitrogens with one attached hydrogen (secondary N) is 2. The lowest BCUT2D eigenvalue weighted by Crippen LogP contribution is -2.08. The summed E-state index contributed by atoms with van der Waals surface area (Å²) in [6.45, 7) is 2.79. The Labute approximate surface area is 118 Å². The average molecular weight is 266 g/mol. The monoisotopic (exact) mass is 266 g/mol. The van der Waals surface area contributed by atoms with Crippen LogP contribution in [-0.2, 0) is 6.42 Å². The number of rotatable bonds is 4. The molecule has 102 valence electrons. The summed E-state index contributed by atoms with van der Waals surface area (Å²) in [5.74, 6) is 0.760. The number of nitrogens with zero attached hydrogens (tertiary/aromatic N) is 1. The lowest BCUT2D eigenvalue weighted by Gasteiger charge is -2.08. The lowest BCUT2D eigenvalue weighted by atomic mass is 10.1. The average Bonchev–Trinajstić information content (AvgIpc) is 2.85. The number of benzene rings is 1. The maximum absolute atomic E-state index is 5.94. The predicted molar refractivity (Wildman–Crippen MR) is 83.9 cm³/mol. The summed E-state index contributed by atoms with van der Waals surface area (Å²) in [6.07, 6.45) is 4.82.